The zero-order valence-corrected chi connectivity index (χ0v) is 17.2. The molecule has 0 saturated carbocycles. The molecule has 1 amide bonds. The minimum absolute atomic E-state index is 0.0381. The maximum absolute atomic E-state index is 12.7. The predicted molar refractivity (Wildman–Crippen MR) is 118 cm³/mol. The first kappa shape index (κ1) is 19.7. The van der Waals surface area contributed by atoms with Crippen molar-refractivity contribution in [3.63, 3.8) is 0 Å². The molecule has 2 heterocycles. The van der Waals surface area contributed by atoms with E-state index in [1.807, 2.05) is 12.1 Å². The first-order chi connectivity index (χ1) is 14.2. The Hall–Kier alpha value is -2.59. The summed E-state index contributed by atoms with van der Waals surface area (Å²) < 4.78 is 5.90. The second-order valence-electron chi connectivity index (χ2n) is 8.12. The molecular formula is C25H30N2O2. The monoisotopic (exact) mass is 390 g/mol. The summed E-state index contributed by atoms with van der Waals surface area (Å²) in [5.41, 5.74) is 5.33. The minimum Gasteiger partial charge on any atom is -0.493 e. The molecular weight excluding hydrogens is 360 g/mol. The highest BCUT2D eigenvalue weighted by Crippen LogP contribution is 2.31. The number of aryl methyl sites for hydroxylation is 1. The summed E-state index contributed by atoms with van der Waals surface area (Å²) in [6.45, 7) is 5.57. The van der Waals surface area contributed by atoms with E-state index in [2.05, 4.69) is 54.0 Å². The van der Waals surface area contributed by atoms with Gasteiger partial charge < -0.3 is 15.4 Å². The van der Waals surface area contributed by atoms with Gasteiger partial charge in [-0.25, -0.2) is 0 Å². The van der Waals surface area contributed by atoms with E-state index in [9.17, 15) is 4.79 Å². The van der Waals surface area contributed by atoms with Crippen LogP contribution in [0.25, 0.3) is 17.2 Å². The van der Waals surface area contributed by atoms with Gasteiger partial charge in [-0.05, 0) is 74.5 Å². The first-order valence-electron chi connectivity index (χ1n) is 10.7. The molecule has 2 aromatic carbocycles. The summed E-state index contributed by atoms with van der Waals surface area (Å²) in [4.78, 5) is 12.7. The lowest BCUT2D eigenvalue weighted by atomic mass is 9.95. The van der Waals surface area contributed by atoms with Crippen molar-refractivity contribution >= 4 is 12.0 Å². The summed E-state index contributed by atoms with van der Waals surface area (Å²) in [6, 6.07) is 14.7. The number of carbonyl (C=O) groups excluding carboxylic acids is 1. The Balaban J connectivity index is 1.45. The lowest BCUT2D eigenvalue weighted by molar-refractivity contribution is -0.117. The Morgan fingerprint density at radius 3 is 2.66 bits per heavy atom. The second kappa shape index (κ2) is 9.27. The Morgan fingerprint density at radius 1 is 1.10 bits per heavy atom. The predicted octanol–water partition coefficient (Wildman–Crippen LogP) is 4.33. The molecule has 4 heteroatoms. The summed E-state index contributed by atoms with van der Waals surface area (Å²) >= 11 is 0. The molecule has 0 radical (unpaired) electrons. The molecule has 1 saturated heterocycles. The van der Waals surface area contributed by atoms with E-state index in [1.54, 1.807) is 0 Å². The van der Waals surface area contributed by atoms with Crippen molar-refractivity contribution in [1.82, 2.24) is 10.6 Å². The van der Waals surface area contributed by atoms with Crippen LogP contribution in [0.3, 0.4) is 0 Å². The Labute approximate surface area is 173 Å². The number of rotatable bonds is 5. The van der Waals surface area contributed by atoms with Gasteiger partial charge in [0.1, 0.15) is 5.75 Å². The molecule has 2 aliphatic heterocycles. The molecule has 0 aromatic heterocycles. The molecule has 2 N–H and O–H groups in total. The van der Waals surface area contributed by atoms with Gasteiger partial charge in [0.25, 0.3) is 0 Å². The van der Waals surface area contributed by atoms with Crippen LogP contribution in [0.4, 0.5) is 0 Å². The number of hydrogen-bond acceptors (Lipinski definition) is 3. The first-order valence-corrected chi connectivity index (χ1v) is 10.7. The van der Waals surface area contributed by atoms with Crippen molar-refractivity contribution in [2.45, 2.75) is 32.6 Å². The summed E-state index contributed by atoms with van der Waals surface area (Å²) in [6.07, 6.45) is 6.11. The van der Waals surface area contributed by atoms with Gasteiger partial charge in [0.15, 0.2) is 0 Å². The van der Waals surface area contributed by atoms with Gasteiger partial charge in [-0.1, -0.05) is 35.9 Å². The number of fused-ring (bicyclic) bond motifs is 1. The van der Waals surface area contributed by atoms with Gasteiger partial charge in [0.05, 0.1) is 6.61 Å². The number of benzene rings is 2. The van der Waals surface area contributed by atoms with Crippen LogP contribution in [-0.4, -0.2) is 32.1 Å². The molecule has 0 unspecified atom stereocenters. The SMILES string of the molecule is Cc1ccc(-c2ccc3c(c2)C=C(C(=O)NCCC2CCNCC2)CCO3)cc1. The number of nitrogens with one attached hydrogen (secondary N) is 2. The highest BCUT2D eigenvalue weighted by molar-refractivity contribution is 5.98. The molecule has 0 spiro atoms. The van der Waals surface area contributed by atoms with Crippen LogP contribution in [0, 0.1) is 12.8 Å². The van der Waals surface area contributed by atoms with Crippen LogP contribution < -0.4 is 15.4 Å². The average molecular weight is 391 g/mol. The lowest BCUT2D eigenvalue weighted by Crippen LogP contribution is -2.32. The van der Waals surface area contributed by atoms with E-state index in [1.165, 1.54) is 24.0 Å². The molecule has 0 atom stereocenters. The normalized spacial score (nSPS) is 16.9. The molecule has 0 bridgehead atoms. The third-order valence-electron chi connectivity index (χ3n) is 5.94. The topological polar surface area (TPSA) is 50.4 Å². The van der Waals surface area contributed by atoms with Crippen molar-refractivity contribution in [3.05, 3.63) is 59.2 Å². The molecule has 2 aromatic rings. The van der Waals surface area contributed by atoms with E-state index in [4.69, 9.17) is 4.74 Å². The Bertz CT molecular complexity index is 880. The summed E-state index contributed by atoms with van der Waals surface area (Å²) in [5.74, 6) is 1.61. The Morgan fingerprint density at radius 2 is 1.86 bits per heavy atom. The maximum atomic E-state index is 12.7. The maximum Gasteiger partial charge on any atom is 0.247 e. The fourth-order valence-corrected chi connectivity index (χ4v) is 4.10. The van der Waals surface area contributed by atoms with E-state index in [0.29, 0.717) is 13.0 Å². The standard InChI is InChI=1S/C25H30N2O2/c1-18-2-4-20(5-3-18)21-6-7-24-23(16-21)17-22(11-15-29-24)25(28)27-14-10-19-8-12-26-13-9-19/h2-7,16-17,19,26H,8-15H2,1H3,(H,27,28). The molecule has 2 aliphatic rings. The molecule has 1 fully saturated rings. The summed E-state index contributed by atoms with van der Waals surface area (Å²) in [7, 11) is 0. The highest BCUT2D eigenvalue weighted by Gasteiger charge is 2.17. The van der Waals surface area contributed by atoms with Crippen LogP contribution in [0.15, 0.2) is 48.0 Å². The second-order valence-corrected chi connectivity index (χ2v) is 8.12. The van der Waals surface area contributed by atoms with Gasteiger partial charge in [-0.3, -0.25) is 4.79 Å². The third kappa shape index (κ3) is 5.07. The number of amides is 1. The molecule has 29 heavy (non-hydrogen) atoms. The van der Waals surface area contributed by atoms with Gasteiger partial charge in [-0.2, -0.15) is 0 Å². The van der Waals surface area contributed by atoms with Crippen molar-refractivity contribution in [3.8, 4) is 16.9 Å². The van der Waals surface area contributed by atoms with Crippen molar-refractivity contribution in [2.75, 3.05) is 26.2 Å². The smallest absolute Gasteiger partial charge is 0.247 e. The molecule has 152 valence electrons. The fraction of sp³-hybridized carbons (Fsp3) is 0.400. The molecule has 0 aliphatic carbocycles. The van der Waals surface area contributed by atoms with E-state index >= 15 is 0 Å². The highest BCUT2D eigenvalue weighted by atomic mass is 16.5. The Kier molecular flexibility index (Phi) is 6.30. The van der Waals surface area contributed by atoms with Crippen LogP contribution in [0.2, 0.25) is 0 Å². The van der Waals surface area contributed by atoms with Gasteiger partial charge >= 0.3 is 0 Å². The number of ether oxygens (including phenoxy) is 1. The zero-order chi connectivity index (χ0) is 20.1. The minimum atomic E-state index is 0.0381. The van der Waals surface area contributed by atoms with Crippen molar-refractivity contribution < 1.29 is 9.53 Å². The lowest BCUT2D eigenvalue weighted by Gasteiger charge is -2.22. The quantitative estimate of drug-likeness (QED) is 0.799. The number of hydrogen-bond donors (Lipinski definition) is 2. The fourth-order valence-electron chi connectivity index (χ4n) is 4.10. The van der Waals surface area contributed by atoms with Gasteiger partial charge in [-0.15, -0.1) is 0 Å². The average Bonchev–Trinajstić information content (AvgIpc) is 2.97. The van der Waals surface area contributed by atoms with Gasteiger partial charge in [0.2, 0.25) is 5.91 Å². The van der Waals surface area contributed by atoms with Crippen LogP contribution in [0.1, 0.15) is 36.8 Å². The van der Waals surface area contributed by atoms with Crippen molar-refractivity contribution in [1.29, 1.82) is 0 Å². The van der Waals surface area contributed by atoms with E-state index < -0.39 is 0 Å². The number of piperidine rings is 1. The largest absolute Gasteiger partial charge is 0.493 e. The number of carbonyl (C=O) groups is 1. The van der Waals surface area contributed by atoms with E-state index in [-0.39, 0.29) is 5.91 Å². The van der Waals surface area contributed by atoms with E-state index in [0.717, 1.165) is 54.4 Å². The van der Waals surface area contributed by atoms with Crippen LogP contribution in [0.5, 0.6) is 5.75 Å². The van der Waals surface area contributed by atoms with Crippen LogP contribution in [-0.2, 0) is 4.79 Å². The van der Waals surface area contributed by atoms with Crippen LogP contribution >= 0.6 is 0 Å². The molecule has 4 rings (SSSR count). The third-order valence-corrected chi connectivity index (χ3v) is 5.94. The summed E-state index contributed by atoms with van der Waals surface area (Å²) in [5, 5.41) is 6.52. The van der Waals surface area contributed by atoms with Crippen molar-refractivity contribution in [2.24, 2.45) is 5.92 Å². The zero-order valence-electron chi connectivity index (χ0n) is 17.2. The molecule has 4 nitrogen and oxygen atoms in total. The van der Waals surface area contributed by atoms with Gasteiger partial charge in [0, 0.05) is 24.1 Å².